The molecule has 0 aliphatic rings. The van der Waals surface area contributed by atoms with Crippen molar-refractivity contribution in [1.29, 1.82) is 0 Å². The quantitative estimate of drug-likeness (QED) is 0.440. The number of carbonyl (C=O) groups is 1. The van der Waals surface area contributed by atoms with Crippen molar-refractivity contribution in [2.45, 2.75) is 25.1 Å². The van der Waals surface area contributed by atoms with Crippen LogP contribution in [-0.2, 0) is 0 Å². The monoisotopic (exact) mass is 286 g/mol. The van der Waals surface area contributed by atoms with Gasteiger partial charge in [0.1, 0.15) is 0 Å². The van der Waals surface area contributed by atoms with Crippen LogP contribution >= 0.6 is 0 Å². The number of Topliss-reactive ketones (excluding diaryl/α,β-unsaturated/α-hetero) is 1. The van der Waals surface area contributed by atoms with Crippen LogP contribution in [0.1, 0.15) is 27.9 Å². The highest BCUT2D eigenvalue weighted by molar-refractivity contribution is 6.72. The Morgan fingerprint density at radius 1 is 1.00 bits per heavy atom. The molecule has 2 rings (SSSR count). The van der Waals surface area contributed by atoms with Gasteiger partial charge in [-0.15, -0.1) is 0 Å². The van der Waals surface area contributed by atoms with Crippen molar-refractivity contribution in [3.63, 3.8) is 0 Å². The average molecular weight is 286 g/mol. The molecule has 0 aliphatic carbocycles. The van der Waals surface area contributed by atoms with Crippen LogP contribution in [0.3, 0.4) is 0 Å². The zero-order chi connectivity index (χ0) is 14.6. The van der Waals surface area contributed by atoms with E-state index in [4.69, 9.17) is 0 Å². The van der Waals surface area contributed by atoms with E-state index in [1.807, 2.05) is 48.5 Å². The minimum Gasteiger partial charge on any atom is -0.314 e. The van der Waals surface area contributed by atoms with Crippen LogP contribution < -0.4 is 0 Å². The predicted octanol–water partition coefficient (Wildman–Crippen LogP) is 4.76. The fraction of sp³-hybridized carbons (Fsp3) is 0.235. The van der Waals surface area contributed by atoms with Gasteiger partial charge in [-0.2, -0.15) is 0 Å². The molecule has 0 aromatic heterocycles. The van der Waals surface area contributed by atoms with E-state index in [0.717, 1.165) is 5.56 Å². The molecule has 1 nitrogen and oxygen atoms in total. The van der Waals surface area contributed by atoms with Gasteiger partial charge in [-0.1, -0.05) is 60.7 Å². The Hall–Kier alpha value is -1.74. The minimum atomic E-state index is -2.94. The summed E-state index contributed by atoms with van der Waals surface area (Å²) in [7, 11) is -2.94. The molecule has 0 fully saturated rings. The molecular weight excluding hydrogens is 267 g/mol. The largest absolute Gasteiger partial charge is 0.314 e. The minimum absolute atomic E-state index is 0.0117. The third-order valence-corrected chi connectivity index (χ3v) is 5.71. The van der Waals surface area contributed by atoms with E-state index in [2.05, 4.69) is 0 Å². The van der Waals surface area contributed by atoms with Crippen LogP contribution in [0, 0.1) is 0 Å². The topological polar surface area (TPSA) is 17.1 Å². The van der Waals surface area contributed by atoms with Crippen LogP contribution in [0.25, 0.3) is 0 Å². The molecular formula is C17H19FOSi. The molecule has 1 atom stereocenters. The lowest BCUT2D eigenvalue weighted by atomic mass is 10.0. The number of ketones is 1. The summed E-state index contributed by atoms with van der Waals surface area (Å²) < 4.78 is 14.6. The van der Waals surface area contributed by atoms with E-state index in [1.165, 1.54) is 0 Å². The number of benzene rings is 2. The Morgan fingerprint density at radius 2 is 1.50 bits per heavy atom. The standard InChI is InChI=1S/C17H19FOSi/c1-20(2,18)17(15-11-7-4-8-12-15)13-16(19)14-9-5-3-6-10-14/h3-12,17H,13H2,1-2H3. The molecule has 2 aromatic carbocycles. The molecule has 0 N–H and O–H groups in total. The maximum absolute atomic E-state index is 14.6. The first-order valence-corrected chi connectivity index (χ1v) is 9.76. The van der Waals surface area contributed by atoms with Gasteiger partial charge in [0, 0.05) is 17.5 Å². The van der Waals surface area contributed by atoms with Crippen LogP contribution in [0.15, 0.2) is 60.7 Å². The summed E-state index contributed by atoms with van der Waals surface area (Å²) in [5, 5.41) is 0. The fourth-order valence-corrected chi connectivity index (χ4v) is 4.03. The van der Waals surface area contributed by atoms with Gasteiger partial charge in [-0.25, -0.2) is 0 Å². The summed E-state index contributed by atoms with van der Waals surface area (Å²) in [6.07, 6.45) is 0.240. The van der Waals surface area contributed by atoms with Crippen LogP contribution in [-0.4, -0.2) is 14.2 Å². The molecule has 0 spiro atoms. The predicted molar refractivity (Wildman–Crippen MR) is 83.2 cm³/mol. The van der Waals surface area contributed by atoms with Crippen LogP contribution in [0.4, 0.5) is 4.11 Å². The summed E-state index contributed by atoms with van der Waals surface area (Å²) in [5.74, 6) is 0.0117. The maximum Gasteiger partial charge on any atom is 0.248 e. The zero-order valence-corrected chi connectivity index (χ0v) is 12.8. The van der Waals surface area contributed by atoms with Crippen LogP contribution in [0.5, 0.6) is 0 Å². The van der Waals surface area contributed by atoms with Gasteiger partial charge in [0.2, 0.25) is 8.41 Å². The van der Waals surface area contributed by atoms with Gasteiger partial charge >= 0.3 is 0 Å². The summed E-state index contributed by atoms with van der Waals surface area (Å²) >= 11 is 0. The molecule has 0 saturated carbocycles. The summed E-state index contributed by atoms with van der Waals surface area (Å²) in [4.78, 5) is 12.3. The maximum atomic E-state index is 14.6. The van der Waals surface area contributed by atoms with Gasteiger partial charge in [-0.05, 0) is 18.7 Å². The van der Waals surface area contributed by atoms with Gasteiger partial charge < -0.3 is 4.11 Å². The first-order valence-electron chi connectivity index (χ1n) is 6.80. The second kappa shape index (κ2) is 6.14. The molecule has 2 aromatic rings. The van der Waals surface area contributed by atoms with Crippen molar-refractivity contribution < 1.29 is 8.90 Å². The van der Waals surface area contributed by atoms with Crippen molar-refractivity contribution in [2.24, 2.45) is 0 Å². The first-order chi connectivity index (χ1) is 9.48. The molecule has 0 heterocycles. The second-order valence-electron chi connectivity index (χ2n) is 5.52. The average Bonchev–Trinajstić information content (AvgIpc) is 2.45. The first kappa shape index (κ1) is 14.7. The number of rotatable bonds is 5. The molecule has 0 bridgehead atoms. The number of hydrogen-bond donors (Lipinski definition) is 0. The van der Waals surface area contributed by atoms with E-state index in [1.54, 1.807) is 25.2 Å². The normalized spacial score (nSPS) is 12.9. The number of halogens is 1. The molecule has 0 aliphatic heterocycles. The Morgan fingerprint density at radius 3 is 2.00 bits per heavy atom. The summed E-state index contributed by atoms with van der Waals surface area (Å²) in [6, 6.07) is 18.7. The second-order valence-corrected chi connectivity index (χ2v) is 9.35. The Bertz CT molecular complexity index is 561. The lowest BCUT2D eigenvalue weighted by Gasteiger charge is -2.24. The highest BCUT2D eigenvalue weighted by Crippen LogP contribution is 2.32. The van der Waals surface area contributed by atoms with Gasteiger partial charge in [0.25, 0.3) is 0 Å². The van der Waals surface area contributed by atoms with E-state index < -0.39 is 8.41 Å². The highest BCUT2D eigenvalue weighted by atomic mass is 28.4. The van der Waals surface area contributed by atoms with Gasteiger partial charge in [0.05, 0.1) is 0 Å². The van der Waals surface area contributed by atoms with Crippen molar-refractivity contribution in [3.8, 4) is 0 Å². The van der Waals surface area contributed by atoms with Crippen molar-refractivity contribution in [1.82, 2.24) is 0 Å². The van der Waals surface area contributed by atoms with Crippen molar-refractivity contribution in [3.05, 3.63) is 71.8 Å². The van der Waals surface area contributed by atoms with E-state index in [-0.39, 0.29) is 17.7 Å². The fourth-order valence-electron chi connectivity index (χ4n) is 2.37. The van der Waals surface area contributed by atoms with Crippen molar-refractivity contribution >= 4 is 14.2 Å². The number of carbonyl (C=O) groups excluding carboxylic acids is 1. The highest BCUT2D eigenvalue weighted by Gasteiger charge is 2.35. The summed E-state index contributed by atoms with van der Waals surface area (Å²) in [5.41, 5.74) is 1.29. The van der Waals surface area contributed by atoms with Gasteiger partial charge in [0.15, 0.2) is 5.78 Å². The zero-order valence-electron chi connectivity index (χ0n) is 11.8. The van der Waals surface area contributed by atoms with Crippen molar-refractivity contribution in [2.75, 3.05) is 0 Å². The molecule has 0 saturated heterocycles. The van der Waals surface area contributed by atoms with E-state index in [9.17, 15) is 8.90 Å². The lowest BCUT2D eigenvalue weighted by molar-refractivity contribution is 0.0979. The third kappa shape index (κ3) is 3.64. The molecule has 0 radical (unpaired) electrons. The Balaban J connectivity index is 2.24. The number of hydrogen-bond acceptors (Lipinski definition) is 1. The Kier molecular flexibility index (Phi) is 4.50. The molecule has 1 unspecified atom stereocenters. The van der Waals surface area contributed by atoms with E-state index in [0.29, 0.717) is 5.56 Å². The molecule has 20 heavy (non-hydrogen) atoms. The van der Waals surface area contributed by atoms with E-state index >= 15 is 0 Å². The third-order valence-electron chi connectivity index (χ3n) is 3.52. The molecule has 104 valence electrons. The Labute approximate surface area is 120 Å². The van der Waals surface area contributed by atoms with Gasteiger partial charge in [-0.3, -0.25) is 4.79 Å². The SMILES string of the molecule is C[Si](C)(F)C(CC(=O)c1ccccc1)c1ccccc1. The molecule has 3 heteroatoms. The summed E-state index contributed by atoms with van der Waals surface area (Å²) in [6.45, 7) is 3.34. The smallest absolute Gasteiger partial charge is 0.248 e. The molecule has 0 amide bonds. The van der Waals surface area contributed by atoms with Crippen LogP contribution in [0.2, 0.25) is 13.1 Å². The lowest BCUT2D eigenvalue weighted by Crippen LogP contribution is -2.31.